The molecule has 0 saturated carbocycles. The molecule has 0 aliphatic heterocycles. The Hall–Kier alpha value is -1.18. The van der Waals surface area contributed by atoms with E-state index in [1.807, 2.05) is 36.4 Å². The maximum atomic E-state index is 13.9. The van der Waals surface area contributed by atoms with Crippen LogP contribution in [-0.4, -0.2) is 12.3 Å². The van der Waals surface area contributed by atoms with Crippen molar-refractivity contribution in [2.75, 3.05) is 0 Å². The molecule has 0 fully saturated rings. The summed E-state index contributed by atoms with van der Waals surface area (Å²) in [5.74, 6) is -0.263. The van der Waals surface area contributed by atoms with Crippen LogP contribution in [-0.2, 0) is 0 Å². The molecule has 0 aromatic heterocycles. The molecule has 86 valence electrons. The first-order valence-corrected chi connectivity index (χ1v) is 5.77. The summed E-state index contributed by atoms with van der Waals surface area (Å²) in [4.78, 5) is 0. The first-order chi connectivity index (χ1) is 7.72. The number of hydrogen-bond donors (Lipinski definition) is 0. The van der Waals surface area contributed by atoms with Gasteiger partial charge in [0.25, 0.3) is 0 Å². The maximum absolute atomic E-state index is 13.9. The van der Waals surface area contributed by atoms with E-state index in [0.717, 1.165) is 11.1 Å². The van der Waals surface area contributed by atoms with Gasteiger partial charge in [0.2, 0.25) is 0 Å². The first kappa shape index (κ1) is 11.3. The van der Waals surface area contributed by atoms with Crippen molar-refractivity contribution in [2.24, 2.45) is 0 Å². The lowest BCUT2D eigenvalue weighted by molar-refractivity contribution is 0.203. The highest BCUT2D eigenvalue weighted by molar-refractivity contribution is 5.62. The molecule has 1 aliphatic rings. The Morgan fingerprint density at radius 3 is 2.75 bits per heavy atom. The summed E-state index contributed by atoms with van der Waals surface area (Å²) in [5.41, 5.74) is 2.04. The first-order valence-electron chi connectivity index (χ1n) is 5.77. The molecular weight excluding hydrogens is 206 g/mol. The summed E-state index contributed by atoms with van der Waals surface area (Å²) in [6, 6.07) is 7.72. The molecule has 16 heavy (non-hydrogen) atoms. The molecule has 0 saturated heterocycles. The molecule has 0 spiro atoms. The Morgan fingerprint density at radius 1 is 1.25 bits per heavy atom. The van der Waals surface area contributed by atoms with Crippen molar-refractivity contribution in [1.82, 2.24) is 0 Å². The summed E-state index contributed by atoms with van der Waals surface area (Å²) < 4.78 is 27.1. The van der Waals surface area contributed by atoms with Gasteiger partial charge in [-0.25, -0.2) is 8.78 Å². The summed E-state index contributed by atoms with van der Waals surface area (Å²) in [6.07, 6.45) is 2.01. The van der Waals surface area contributed by atoms with E-state index in [0.29, 0.717) is 6.42 Å². The Morgan fingerprint density at radius 2 is 2.00 bits per heavy atom. The lowest BCUT2D eigenvalue weighted by atomic mass is 9.93. The van der Waals surface area contributed by atoms with Crippen LogP contribution < -0.4 is 0 Å². The van der Waals surface area contributed by atoms with E-state index in [1.165, 1.54) is 0 Å². The quantitative estimate of drug-likeness (QED) is 0.713. The van der Waals surface area contributed by atoms with Crippen LogP contribution in [0.5, 0.6) is 0 Å². The van der Waals surface area contributed by atoms with Gasteiger partial charge in [0, 0.05) is 12.3 Å². The third-order valence-electron chi connectivity index (χ3n) is 3.15. The molecule has 3 unspecified atom stereocenters. The van der Waals surface area contributed by atoms with E-state index in [-0.39, 0.29) is 12.3 Å². The van der Waals surface area contributed by atoms with E-state index in [4.69, 9.17) is 0 Å². The van der Waals surface area contributed by atoms with Gasteiger partial charge in [0.1, 0.15) is 12.3 Å². The highest BCUT2D eigenvalue weighted by Crippen LogP contribution is 2.35. The topological polar surface area (TPSA) is 0 Å². The van der Waals surface area contributed by atoms with E-state index in [9.17, 15) is 8.78 Å². The summed E-state index contributed by atoms with van der Waals surface area (Å²) >= 11 is 0. The highest BCUT2D eigenvalue weighted by Gasteiger charge is 2.27. The molecule has 0 nitrogen and oxygen atoms in total. The largest absolute Gasteiger partial charge is 0.247 e. The van der Waals surface area contributed by atoms with Crippen LogP contribution in [0.2, 0.25) is 0 Å². The lowest BCUT2D eigenvalue weighted by Crippen LogP contribution is -2.16. The molecule has 0 bridgehead atoms. The number of rotatable bonds is 4. The Labute approximate surface area is 95.0 Å². The average molecular weight is 222 g/mol. The van der Waals surface area contributed by atoms with Gasteiger partial charge in [0.05, 0.1) is 0 Å². The molecule has 1 aliphatic carbocycles. The monoisotopic (exact) mass is 222 g/mol. The highest BCUT2D eigenvalue weighted by atomic mass is 19.1. The number of fused-ring (bicyclic) bond motifs is 1. The number of hydrogen-bond acceptors (Lipinski definition) is 0. The molecule has 0 N–H and O–H groups in total. The minimum Gasteiger partial charge on any atom is -0.247 e. The lowest BCUT2D eigenvalue weighted by Gasteiger charge is -2.17. The van der Waals surface area contributed by atoms with Crippen molar-refractivity contribution < 1.29 is 8.78 Å². The minimum atomic E-state index is -1.12. The number of benzene rings is 1. The molecule has 2 rings (SSSR count). The molecule has 2 heteroatoms. The summed E-state index contributed by atoms with van der Waals surface area (Å²) in [6.45, 7) is 1.75. The van der Waals surface area contributed by atoms with Crippen LogP contribution in [0.1, 0.15) is 36.8 Å². The van der Waals surface area contributed by atoms with Crippen LogP contribution in [0.4, 0.5) is 8.78 Å². The predicted molar refractivity (Wildman–Crippen MR) is 62.9 cm³/mol. The van der Waals surface area contributed by atoms with Crippen molar-refractivity contribution in [2.45, 2.75) is 38.0 Å². The third-order valence-corrected chi connectivity index (χ3v) is 3.15. The molecule has 0 heterocycles. The normalized spacial score (nSPS) is 21.8. The van der Waals surface area contributed by atoms with Gasteiger partial charge in [0.15, 0.2) is 0 Å². The Bertz CT molecular complexity index is 384. The van der Waals surface area contributed by atoms with Crippen molar-refractivity contribution in [3.8, 4) is 0 Å². The fraction of sp³-hybridized carbons (Fsp3) is 0.429. The van der Waals surface area contributed by atoms with E-state index in [2.05, 4.69) is 0 Å². The maximum Gasteiger partial charge on any atom is 0.113 e. The molecule has 0 amide bonds. The van der Waals surface area contributed by atoms with Crippen LogP contribution in [0.25, 0.3) is 6.08 Å². The zero-order valence-corrected chi connectivity index (χ0v) is 9.37. The van der Waals surface area contributed by atoms with Gasteiger partial charge in [-0.1, -0.05) is 43.3 Å². The summed E-state index contributed by atoms with van der Waals surface area (Å²) in [5, 5.41) is 0. The van der Waals surface area contributed by atoms with Crippen molar-refractivity contribution >= 4 is 6.08 Å². The van der Waals surface area contributed by atoms with Crippen LogP contribution >= 0.6 is 0 Å². The third kappa shape index (κ3) is 2.16. The van der Waals surface area contributed by atoms with Crippen LogP contribution in [0.3, 0.4) is 0 Å². The van der Waals surface area contributed by atoms with Gasteiger partial charge in [-0.3, -0.25) is 0 Å². The van der Waals surface area contributed by atoms with E-state index < -0.39 is 12.3 Å². The second kappa shape index (κ2) is 4.77. The van der Waals surface area contributed by atoms with Gasteiger partial charge in [-0.15, -0.1) is 0 Å². The smallest absolute Gasteiger partial charge is 0.113 e. The summed E-state index contributed by atoms with van der Waals surface area (Å²) in [7, 11) is 0. The number of alkyl halides is 2. The minimum absolute atomic E-state index is 0.000158. The van der Waals surface area contributed by atoms with Gasteiger partial charge in [-0.2, -0.15) is 0 Å². The van der Waals surface area contributed by atoms with Gasteiger partial charge in [-0.05, 0) is 17.5 Å². The molecule has 3 atom stereocenters. The number of allylic oxidation sites excluding steroid dienone is 1. The fourth-order valence-corrected chi connectivity index (χ4v) is 2.15. The average Bonchev–Trinajstić information content (AvgIpc) is 2.72. The van der Waals surface area contributed by atoms with Crippen LogP contribution in [0.15, 0.2) is 30.3 Å². The van der Waals surface area contributed by atoms with E-state index in [1.54, 1.807) is 6.92 Å². The van der Waals surface area contributed by atoms with Crippen molar-refractivity contribution in [3.63, 3.8) is 0 Å². The Balaban J connectivity index is 2.10. The zero-order chi connectivity index (χ0) is 11.5. The van der Waals surface area contributed by atoms with Gasteiger partial charge >= 0.3 is 0 Å². The van der Waals surface area contributed by atoms with E-state index >= 15 is 0 Å². The fourth-order valence-electron chi connectivity index (χ4n) is 2.15. The zero-order valence-electron chi connectivity index (χ0n) is 9.37. The predicted octanol–water partition coefficient (Wildman–Crippen LogP) is 4.27. The second-order valence-corrected chi connectivity index (χ2v) is 4.27. The SMILES string of the molecule is CCC(F)CC(F)C1C=Cc2ccccc21. The molecule has 0 radical (unpaired) electrons. The molecular formula is C14H16F2. The molecule has 1 aromatic rings. The second-order valence-electron chi connectivity index (χ2n) is 4.27. The number of halogens is 2. The van der Waals surface area contributed by atoms with Crippen LogP contribution in [0, 0.1) is 0 Å². The molecule has 1 aromatic carbocycles. The van der Waals surface area contributed by atoms with Gasteiger partial charge < -0.3 is 0 Å². The van der Waals surface area contributed by atoms with Crippen molar-refractivity contribution in [3.05, 3.63) is 41.5 Å². The standard InChI is InChI=1S/C14H16F2/c1-2-11(15)9-14(16)13-8-7-10-5-3-4-6-12(10)13/h3-8,11,13-14H,2,9H2,1H3. The Kier molecular flexibility index (Phi) is 3.37. The van der Waals surface area contributed by atoms with Crippen molar-refractivity contribution in [1.29, 1.82) is 0 Å².